The molecule has 1 aliphatic heterocycles. The SMILES string of the molecule is Cc1occc1C(=O)N1CCN(c2ccncc2N)CC1. The second-order valence-electron chi connectivity index (χ2n) is 5.10. The Labute approximate surface area is 123 Å². The molecule has 0 aliphatic carbocycles. The van der Waals surface area contributed by atoms with Crippen LogP contribution < -0.4 is 10.6 Å². The van der Waals surface area contributed by atoms with Gasteiger partial charge in [0.1, 0.15) is 5.76 Å². The number of piperazine rings is 1. The first kappa shape index (κ1) is 13.5. The summed E-state index contributed by atoms with van der Waals surface area (Å²) in [6.07, 6.45) is 4.94. The van der Waals surface area contributed by atoms with Gasteiger partial charge in [0.15, 0.2) is 0 Å². The van der Waals surface area contributed by atoms with Crippen molar-refractivity contribution in [2.24, 2.45) is 0 Å². The molecule has 0 atom stereocenters. The van der Waals surface area contributed by atoms with Gasteiger partial charge in [0.25, 0.3) is 5.91 Å². The van der Waals surface area contributed by atoms with Crippen LogP contribution in [0.5, 0.6) is 0 Å². The van der Waals surface area contributed by atoms with Crippen molar-refractivity contribution >= 4 is 17.3 Å². The lowest BCUT2D eigenvalue weighted by molar-refractivity contribution is 0.0745. The number of nitrogen functional groups attached to an aromatic ring is 1. The monoisotopic (exact) mass is 286 g/mol. The first-order valence-electron chi connectivity index (χ1n) is 6.94. The van der Waals surface area contributed by atoms with Crippen molar-refractivity contribution < 1.29 is 9.21 Å². The molecular weight excluding hydrogens is 268 g/mol. The number of amides is 1. The van der Waals surface area contributed by atoms with Crippen LogP contribution in [0.2, 0.25) is 0 Å². The molecule has 1 aliphatic rings. The number of furan rings is 1. The van der Waals surface area contributed by atoms with Gasteiger partial charge in [0.05, 0.1) is 29.4 Å². The average molecular weight is 286 g/mol. The Morgan fingerprint density at radius 3 is 2.67 bits per heavy atom. The molecule has 0 aromatic carbocycles. The molecule has 6 nitrogen and oxygen atoms in total. The Hall–Kier alpha value is -2.50. The van der Waals surface area contributed by atoms with Crippen LogP contribution in [0.3, 0.4) is 0 Å². The molecule has 0 bridgehead atoms. The number of hydrogen-bond donors (Lipinski definition) is 1. The smallest absolute Gasteiger partial charge is 0.257 e. The predicted molar refractivity (Wildman–Crippen MR) is 80.2 cm³/mol. The van der Waals surface area contributed by atoms with Crippen LogP contribution in [0, 0.1) is 6.92 Å². The lowest BCUT2D eigenvalue weighted by atomic mass is 10.2. The molecule has 0 spiro atoms. The molecule has 2 aromatic heterocycles. The maximum atomic E-state index is 12.4. The molecule has 2 aromatic rings. The van der Waals surface area contributed by atoms with Gasteiger partial charge >= 0.3 is 0 Å². The summed E-state index contributed by atoms with van der Waals surface area (Å²) in [6, 6.07) is 3.64. The van der Waals surface area contributed by atoms with E-state index in [0.29, 0.717) is 30.1 Å². The Morgan fingerprint density at radius 2 is 2.05 bits per heavy atom. The highest BCUT2D eigenvalue weighted by Crippen LogP contribution is 2.23. The van der Waals surface area contributed by atoms with E-state index in [1.54, 1.807) is 31.6 Å². The number of rotatable bonds is 2. The van der Waals surface area contributed by atoms with E-state index >= 15 is 0 Å². The number of nitrogens with zero attached hydrogens (tertiary/aromatic N) is 3. The van der Waals surface area contributed by atoms with E-state index in [4.69, 9.17) is 10.2 Å². The molecule has 1 fully saturated rings. The number of carbonyl (C=O) groups excluding carboxylic acids is 1. The fraction of sp³-hybridized carbons (Fsp3) is 0.333. The van der Waals surface area contributed by atoms with Gasteiger partial charge in [-0.3, -0.25) is 9.78 Å². The van der Waals surface area contributed by atoms with Crippen molar-refractivity contribution in [3.8, 4) is 0 Å². The highest BCUT2D eigenvalue weighted by Gasteiger charge is 2.24. The lowest BCUT2D eigenvalue weighted by Gasteiger charge is -2.36. The van der Waals surface area contributed by atoms with E-state index < -0.39 is 0 Å². The quantitative estimate of drug-likeness (QED) is 0.906. The van der Waals surface area contributed by atoms with Gasteiger partial charge in [-0.1, -0.05) is 0 Å². The molecule has 1 amide bonds. The van der Waals surface area contributed by atoms with Crippen LogP contribution in [0.25, 0.3) is 0 Å². The number of nitrogens with two attached hydrogens (primary N) is 1. The Morgan fingerprint density at radius 1 is 1.29 bits per heavy atom. The third kappa shape index (κ3) is 2.56. The largest absolute Gasteiger partial charge is 0.469 e. The molecule has 1 saturated heterocycles. The van der Waals surface area contributed by atoms with Crippen LogP contribution in [0.4, 0.5) is 11.4 Å². The van der Waals surface area contributed by atoms with E-state index in [2.05, 4.69) is 9.88 Å². The number of aryl methyl sites for hydroxylation is 1. The number of pyridine rings is 1. The second kappa shape index (κ2) is 5.47. The topological polar surface area (TPSA) is 75.6 Å². The van der Waals surface area contributed by atoms with Crippen molar-refractivity contribution in [1.82, 2.24) is 9.88 Å². The minimum absolute atomic E-state index is 0.0311. The summed E-state index contributed by atoms with van der Waals surface area (Å²) in [6.45, 7) is 4.67. The Balaban J connectivity index is 1.67. The van der Waals surface area contributed by atoms with Gasteiger partial charge in [-0.25, -0.2) is 0 Å². The van der Waals surface area contributed by atoms with Crippen LogP contribution in [0.15, 0.2) is 35.2 Å². The van der Waals surface area contributed by atoms with Crippen molar-refractivity contribution in [3.63, 3.8) is 0 Å². The highest BCUT2D eigenvalue weighted by atomic mass is 16.3. The molecule has 3 heterocycles. The van der Waals surface area contributed by atoms with Crippen molar-refractivity contribution in [2.75, 3.05) is 36.8 Å². The number of aromatic nitrogens is 1. The third-order valence-electron chi connectivity index (χ3n) is 3.82. The summed E-state index contributed by atoms with van der Waals surface area (Å²) < 4.78 is 5.20. The van der Waals surface area contributed by atoms with Gasteiger partial charge in [0.2, 0.25) is 0 Å². The van der Waals surface area contributed by atoms with Crippen LogP contribution in [-0.4, -0.2) is 42.0 Å². The zero-order chi connectivity index (χ0) is 14.8. The Kier molecular flexibility index (Phi) is 3.51. The minimum Gasteiger partial charge on any atom is -0.469 e. The van der Waals surface area contributed by atoms with Gasteiger partial charge in [-0.05, 0) is 19.1 Å². The van der Waals surface area contributed by atoms with Crippen molar-refractivity contribution in [1.29, 1.82) is 0 Å². The number of carbonyl (C=O) groups is 1. The third-order valence-corrected chi connectivity index (χ3v) is 3.82. The molecular formula is C15H18N4O2. The predicted octanol–water partition coefficient (Wildman–Crippen LogP) is 1.53. The van der Waals surface area contributed by atoms with Gasteiger partial charge < -0.3 is 20.0 Å². The normalized spacial score (nSPS) is 15.3. The standard InChI is InChI=1S/C15H18N4O2/c1-11-12(3-9-21-11)15(20)19-7-5-18(6-8-19)14-2-4-17-10-13(14)16/h2-4,9-10H,5-8,16H2,1H3. The zero-order valence-corrected chi connectivity index (χ0v) is 12.0. The summed E-state index contributed by atoms with van der Waals surface area (Å²) in [5.41, 5.74) is 8.24. The summed E-state index contributed by atoms with van der Waals surface area (Å²) in [4.78, 5) is 20.4. The summed E-state index contributed by atoms with van der Waals surface area (Å²) >= 11 is 0. The van der Waals surface area contributed by atoms with Gasteiger partial charge in [-0.15, -0.1) is 0 Å². The van der Waals surface area contributed by atoms with Crippen LogP contribution in [-0.2, 0) is 0 Å². The van der Waals surface area contributed by atoms with E-state index in [1.165, 1.54) is 0 Å². The molecule has 110 valence electrons. The van der Waals surface area contributed by atoms with Gasteiger partial charge in [-0.2, -0.15) is 0 Å². The minimum atomic E-state index is 0.0311. The van der Waals surface area contributed by atoms with Crippen LogP contribution >= 0.6 is 0 Å². The van der Waals surface area contributed by atoms with E-state index in [0.717, 1.165) is 18.8 Å². The Bertz CT molecular complexity index is 645. The molecule has 0 unspecified atom stereocenters. The molecule has 0 radical (unpaired) electrons. The lowest BCUT2D eigenvalue weighted by Crippen LogP contribution is -2.49. The fourth-order valence-corrected chi connectivity index (χ4v) is 2.61. The molecule has 0 saturated carbocycles. The summed E-state index contributed by atoms with van der Waals surface area (Å²) in [5.74, 6) is 0.699. The maximum absolute atomic E-state index is 12.4. The zero-order valence-electron chi connectivity index (χ0n) is 12.0. The second-order valence-corrected chi connectivity index (χ2v) is 5.10. The molecule has 21 heavy (non-hydrogen) atoms. The van der Waals surface area contributed by atoms with Crippen molar-refractivity contribution in [2.45, 2.75) is 6.92 Å². The first-order chi connectivity index (χ1) is 10.2. The van der Waals surface area contributed by atoms with Crippen LogP contribution in [0.1, 0.15) is 16.1 Å². The van der Waals surface area contributed by atoms with Gasteiger partial charge in [0, 0.05) is 32.4 Å². The summed E-state index contributed by atoms with van der Waals surface area (Å²) in [5, 5.41) is 0. The molecule has 3 rings (SSSR count). The highest BCUT2D eigenvalue weighted by molar-refractivity contribution is 5.95. The maximum Gasteiger partial charge on any atom is 0.257 e. The van der Waals surface area contributed by atoms with E-state index in [-0.39, 0.29) is 5.91 Å². The number of hydrogen-bond acceptors (Lipinski definition) is 5. The van der Waals surface area contributed by atoms with E-state index in [9.17, 15) is 4.79 Å². The van der Waals surface area contributed by atoms with E-state index in [1.807, 2.05) is 11.0 Å². The molecule has 6 heteroatoms. The van der Waals surface area contributed by atoms with Crippen molar-refractivity contribution in [3.05, 3.63) is 42.1 Å². The number of anilines is 2. The molecule has 2 N–H and O–H groups in total. The fourth-order valence-electron chi connectivity index (χ4n) is 2.61. The average Bonchev–Trinajstić information content (AvgIpc) is 2.93. The summed E-state index contributed by atoms with van der Waals surface area (Å²) in [7, 11) is 0. The first-order valence-corrected chi connectivity index (χ1v) is 6.94.